The van der Waals surface area contributed by atoms with Crippen molar-refractivity contribution in [3.63, 3.8) is 0 Å². The molecule has 1 N–H and O–H groups in total. The van der Waals surface area contributed by atoms with Crippen LogP contribution in [0.15, 0.2) is 5.38 Å². The highest BCUT2D eigenvalue weighted by molar-refractivity contribution is 7.09. The fraction of sp³-hybridized carbons (Fsp3) is 0.556. The zero-order chi connectivity index (χ0) is 9.42. The van der Waals surface area contributed by atoms with Crippen molar-refractivity contribution in [1.29, 1.82) is 0 Å². The second-order valence-corrected chi connectivity index (χ2v) is 4.46. The Bertz CT molecular complexity index is 330. The number of ketones is 1. The van der Waals surface area contributed by atoms with Crippen LogP contribution in [0, 0.1) is 12.8 Å². The summed E-state index contributed by atoms with van der Waals surface area (Å²) in [6.07, 6.45) is 1.12. The van der Waals surface area contributed by atoms with Crippen LogP contribution in [0.2, 0.25) is 0 Å². The molecule has 0 aliphatic heterocycles. The molecular formula is C9H11NO2S. The molecule has 1 fully saturated rings. The Hall–Kier alpha value is -0.740. The quantitative estimate of drug-likeness (QED) is 0.745. The first-order valence-corrected chi connectivity index (χ1v) is 5.21. The highest BCUT2D eigenvalue weighted by Gasteiger charge is 2.35. The van der Waals surface area contributed by atoms with Crippen LogP contribution in [0.4, 0.5) is 0 Å². The van der Waals surface area contributed by atoms with E-state index >= 15 is 0 Å². The second-order valence-electron chi connectivity index (χ2n) is 3.40. The molecule has 1 aromatic heterocycles. The lowest BCUT2D eigenvalue weighted by atomic mass is 10.1. The predicted octanol–water partition coefficient (Wildman–Crippen LogP) is 1.41. The number of nitrogens with zero attached hydrogens (tertiary/aromatic N) is 1. The van der Waals surface area contributed by atoms with Gasteiger partial charge < -0.3 is 5.11 Å². The van der Waals surface area contributed by atoms with Crippen molar-refractivity contribution in [3.05, 3.63) is 16.1 Å². The van der Waals surface area contributed by atoms with Gasteiger partial charge in [0.25, 0.3) is 0 Å². The van der Waals surface area contributed by atoms with E-state index in [2.05, 4.69) is 4.98 Å². The van der Waals surface area contributed by atoms with Crippen molar-refractivity contribution in [3.8, 4) is 0 Å². The first-order chi connectivity index (χ1) is 6.18. The Labute approximate surface area is 80.4 Å². The summed E-state index contributed by atoms with van der Waals surface area (Å²) in [5.41, 5.74) is 0.418. The maximum atomic E-state index is 11.5. The largest absolute Gasteiger partial charge is 0.385 e. The molecule has 0 amide bonds. The summed E-state index contributed by atoms with van der Waals surface area (Å²) >= 11 is 1.44. The predicted molar refractivity (Wildman–Crippen MR) is 49.9 cm³/mol. The zero-order valence-corrected chi connectivity index (χ0v) is 8.17. The van der Waals surface area contributed by atoms with Crippen molar-refractivity contribution in [2.45, 2.75) is 25.9 Å². The highest BCUT2D eigenvalue weighted by Crippen LogP contribution is 2.33. The van der Waals surface area contributed by atoms with Crippen molar-refractivity contribution in [2.24, 2.45) is 5.92 Å². The molecular weight excluding hydrogens is 186 g/mol. The van der Waals surface area contributed by atoms with E-state index in [4.69, 9.17) is 0 Å². The van der Waals surface area contributed by atoms with Gasteiger partial charge in [-0.3, -0.25) is 4.79 Å². The van der Waals surface area contributed by atoms with Gasteiger partial charge in [-0.15, -0.1) is 11.3 Å². The minimum atomic E-state index is -0.818. The highest BCUT2D eigenvalue weighted by atomic mass is 32.1. The molecule has 0 bridgehead atoms. The molecule has 0 spiro atoms. The third kappa shape index (κ3) is 1.78. The molecule has 3 nitrogen and oxygen atoms in total. The van der Waals surface area contributed by atoms with Crippen LogP contribution in [-0.2, 0) is 0 Å². The smallest absolute Gasteiger partial charge is 0.210 e. The number of aromatic nitrogens is 1. The number of thiazole rings is 1. The summed E-state index contributed by atoms with van der Waals surface area (Å²) in [6, 6.07) is 0. The monoisotopic (exact) mass is 197 g/mol. The molecule has 0 aromatic carbocycles. The van der Waals surface area contributed by atoms with E-state index in [1.165, 1.54) is 11.3 Å². The van der Waals surface area contributed by atoms with Crippen LogP contribution in [0.25, 0.3) is 0 Å². The fourth-order valence-corrected chi connectivity index (χ4v) is 1.86. The molecule has 1 atom stereocenters. The molecule has 0 radical (unpaired) electrons. The van der Waals surface area contributed by atoms with Crippen LogP contribution in [0.5, 0.6) is 0 Å². The summed E-state index contributed by atoms with van der Waals surface area (Å²) in [4.78, 5) is 15.6. The molecule has 1 unspecified atom stereocenters. The summed E-state index contributed by atoms with van der Waals surface area (Å²) < 4.78 is 0. The lowest BCUT2D eigenvalue weighted by Crippen LogP contribution is -2.22. The molecule has 1 aliphatic carbocycles. The zero-order valence-electron chi connectivity index (χ0n) is 7.36. The lowest BCUT2D eigenvalue weighted by Gasteiger charge is -2.04. The van der Waals surface area contributed by atoms with Gasteiger partial charge in [0.1, 0.15) is 11.8 Å². The second kappa shape index (κ2) is 3.20. The van der Waals surface area contributed by atoms with Gasteiger partial charge in [0, 0.05) is 5.38 Å². The van der Waals surface area contributed by atoms with E-state index < -0.39 is 6.10 Å². The number of hydrogen-bond donors (Lipinski definition) is 1. The third-order valence-corrected chi connectivity index (χ3v) is 2.98. The minimum Gasteiger partial charge on any atom is -0.385 e. The molecule has 1 saturated carbocycles. The summed E-state index contributed by atoms with van der Waals surface area (Å²) in [7, 11) is 0. The van der Waals surface area contributed by atoms with Crippen LogP contribution in [0.3, 0.4) is 0 Å². The first kappa shape index (κ1) is 8.84. The van der Waals surface area contributed by atoms with Crippen LogP contribution >= 0.6 is 11.3 Å². The Morgan fingerprint density at radius 2 is 2.46 bits per heavy atom. The molecule has 70 valence electrons. The number of rotatable bonds is 3. The Balaban J connectivity index is 2.11. The summed E-state index contributed by atoms with van der Waals surface area (Å²) in [5.74, 6) is -0.0265. The van der Waals surface area contributed by atoms with Gasteiger partial charge in [-0.05, 0) is 25.7 Å². The number of carbonyl (C=O) groups excluding carboxylic acids is 1. The fourth-order valence-electron chi connectivity index (χ4n) is 1.25. The van der Waals surface area contributed by atoms with E-state index in [0.717, 1.165) is 17.8 Å². The average Bonchev–Trinajstić information content (AvgIpc) is 2.87. The van der Waals surface area contributed by atoms with Gasteiger partial charge in [-0.2, -0.15) is 0 Å². The molecule has 1 heterocycles. The molecule has 4 heteroatoms. The SMILES string of the molecule is Cc1nc(C(=O)C(O)C2CC2)cs1. The Morgan fingerprint density at radius 3 is 2.92 bits per heavy atom. The lowest BCUT2D eigenvalue weighted by molar-refractivity contribution is 0.0699. The number of Topliss-reactive ketones (excluding diaryl/α,β-unsaturated/α-hetero) is 1. The van der Waals surface area contributed by atoms with E-state index in [1.807, 2.05) is 6.92 Å². The van der Waals surface area contributed by atoms with E-state index in [0.29, 0.717) is 5.69 Å². The normalized spacial score (nSPS) is 18.6. The van der Waals surface area contributed by atoms with Crippen molar-refractivity contribution in [2.75, 3.05) is 0 Å². The number of carbonyl (C=O) groups is 1. The van der Waals surface area contributed by atoms with Crippen LogP contribution in [0.1, 0.15) is 28.3 Å². The van der Waals surface area contributed by atoms with Gasteiger partial charge >= 0.3 is 0 Å². The van der Waals surface area contributed by atoms with E-state index in [-0.39, 0.29) is 11.7 Å². The third-order valence-electron chi connectivity index (χ3n) is 2.21. The maximum absolute atomic E-state index is 11.5. The van der Waals surface area contributed by atoms with Crippen molar-refractivity contribution < 1.29 is 9.90 Å². The molecule has 0 saturated heterocycles. The number of aliphatic hydroxyl groups is 1. The van der Waals surface area contributed by atoms with E-state index in [1.54, 1.807) is 5.38 Å². The molecule has 2 rings (SSSR count). The molecule has 1 aromatic rings. The minimum absolute atomic E-state index is 0.189. The average molecular weight is 197 g/mol. The van der Waals surface area contributed by atoms with Crippen LogP contribution < -0.4 is 0 Å². The standard InChI is InChI=1S/C9H11NO2S/c1-5-10-7(4-13-5)9(12)8(11)6-2-3-6/h4,6,8,11H,2-3H2,1H3. The molecule has 13 heavy (non-hydrogen) atoms. The molecule has 1 aliphatic rings. The van der Waals surface area contributed by atoms with Crippen molar-refractivity contribution >= 4 is 17.1 Å². The van der Waals surface area contributed by atoms with E-state index in [9.17, 15) is 9.90 Å². The van der Waals surface area contributed by atoms with Gasteiger partial charge in [0.15, 0.2) is 0 Å². The summed E-state index contributed by atoms with van der Waals surface area (Å²) in [5, 5.41) is 12.1. The number of hydrogen-bond acceptors (Lipinski definition) is 4. The topological polar surface area (TPSA) is 50.2 Å². The Morgan fingerprint density at radius 1 is 1.77 bits per heavy atom. The van der Waals surface area contributed by atoms with Gasteiger partial charge in [0.2, 0.25) is 5.78 Å². The summed E-state index contributed by atoms with van der Waals surface area (Å²) in [6.45, 7) is 1.85. The van der Waals surface area contributed by atoms with Crippen LogP contribution in [-0.4, -0.2) is 22.0 Å². The van der Waals surface area contributed by atoms with Gasteiger partial charge in [0.05, 0.1) is 5.01 Å². The number of aryl methyl sites for hydroxylation is 1. The van der Waals surface area contributed by atoms with Gasteiger partial charge in [-0.25, -0.2) is 4.98 Å². The first-order valence-electron chi connectivity index (χ1n) is 4.33. The maximum Gasteiger partial charge on any atom is 0.210 e. The number of aliphatic hydroxyl groups excluding tert-OH is 1. The Kier molecular flexibility index (Phi) is 2.17. The van der Waals surface area contributed by atoms with Crippen molar-refractivity contribution in [1.82, 2.24) is 4.98 Å². The van der Waals surface area contributed by atoms with Gasteiger partial charge in [-0.1, -0.05) is 0 Å².